The van der Waals surface area contributed by atoms with Crippen LogP contribution in [0.3, 0.4) is 0 Å². The van der Waals surface area contributed by atoms with Gasteiger partial charge >= 0.3 is 0 Å². The van der Waals surface area contributed by atoms with E-state index in [4.69, 9.17) is 0 Å². The van der Waals surface area contributed by atoms with Crippen LogP contribution in [0.25, 0.3) is 0 Å². The Balaban J connectivity index is 1.78. The van der Waals surface area contributed by atoms with Gasteiger partial charge in [0.15, 0.2) is 0 Å². The molecule has 0 spiro atoms. The molecule has 0 N–H and O–H groups in total. The molecule has 0 aliphatic carbocycles. The Labute approximate surface area is 123 Å². The summed E-state index contributed by atoms with van der Waals surface area (Å²) in [5.41, 5.74) is 2.75. The van der Waals surface area contributed by atoms with Crippen LogP contribution < -0.4 is 4.90 Å². The highest BCUT2D eigenvalue weighted by Crippen LogP contribution is 2.31. The van der Waals surface area contributed by atoms with Crippen LogP contribution in [-0.2, 0) is 6.42 Å². The summed E-state index contributed by atoms with van der Waals surface area (Å²) in [6, 6.07) is 12.1. The predicted molar refractivity (Wildman–Crippen MR) is 80.2 cm³/mol. The lowest BCUT2D eigenvalue weighted by molar-refractivity contribution is 0.581. The molecule has 1 aliphatic heterocycles. The van der Waals surface area contributed by atoms with E-state index in [1.165, 1.54) is 23.4 Å². The highest BCUT2D eigenvalue weighted by molar-refractivity contribution is 5.60. The lowest BCUT2D eigenvalue weighted by Crippen LogP contribution is -2.29. The number of anilines is 1. The molecule has 0 aromatic heterocycles. The zero-order chi connectivity index (χ0) is 14.8. The third kappa shape index (κ3) is 2.75. The largest absolute Gasteiger partial charge is 0.357 e. The molecule has 1 aliphatic rings. The lowest BCUT2D eigenvalue weighted by Gasteiger charge is -2.21. The SMILES string of the molecule is CC1Cc2ccccc2N1CC#Cc1ccc(F)cc1F. The summed E-state index contributed by atoms with van der Waals surface area (Å²) in [6.07, 6.45) is 1.00. The van der Waals surface area contributed by atoms with Crippen molar-refractivity contribution in [1.29, 1.82) is 0 Å². The highest BCUT2D eigenvalue weighted by Gasteiger charge is 2.24. The van der Waals surface area contributed by atoms with E-state index < -0.39 is 11.6 Å². The molecule has 3 rings (SSSR count). The number of nitrogens with zero attached hydrogens (tertiary/aromatic N) is 1. The first-order valence-corrected chi connectivity index (χ1v) is 6.93. The van der Waals surface area contributed by atoms with Crippen molar-refractivity contribution in [2.45, 2.75) is 19.4 Å². The zero-order valence-electron chi connectivity index (χ0n) is 11.7. The van der Waals surface area contributed by atoms with E-state index in [0.717, 1.165) is 12.5 Å². The Kier molecular flexibility index (Phi) is 3.62. The molecule has 2 aromatic rings. The summed E-state index contributed by atoms with van der Waals surface area (Å²) in [4.78, 5) is 2.21. The molecular weight excluding hydrogens is 268 g/mol. The molecule has 0 saturated heterocycles. The molecule has 1 unspecified atom stereocenters. The van der Waals surface area contributed by atoms with Crippen LogP contribution in [0.1, 0.15) is 18.1 Å². The van der Waals surface area contributed by atoms with Crippen molar-refractivity contribution in [3.63, 3.8) is 0 Å². The Hall–Kier alpha value is -2.34. The minimum atomic E-state index is -0.614. The topological polar surface area (TPSA) is 3.24 Å². The van der Waals surface area contributed by atoms with E-state index >= 15 is 0 Å². The first kappa shape index (κ1) is 13.6. The number of benzene rings is 2. The predicted octanol–water partition coefficient (Wildman–Crippen LogP) is 3.77. The molecule has 1 atom stereocenters. The fourth-order valence-corrected chi connectivity index (χ4v) is 2.68. The van der Waals surface area contributed by atoms with Crippen molar-refractivity contribution < 1.29 is 8.78 Å². The minimum absolute atomic E-state index is 0.233. The molecule has 0 radical (unpaired) electrons. The average molecular weight is 283 g/mol. The smallest absolute Gasteiger partial charge is 0.141 e. The number of para-hydroxylation sites is 1. The maximum Gasteiger partial charge on any atom is 0.141 e. The second-order valence-corrected chi connectivity index (χ2v) is 5.24. The number of halogens is 2. The molecule has 0 bridgehead atoms. The van der Waals surface area contributed by atoms with Gasteiger partial charge in [0, 0.05) is 17.8 Å². The molecular formula is C18H15F2N. The van der Waals surface area contributed by atoms with Gasteiger partial charge in [-0.25, -0.2) is 8.78 Å². The quantitative estimate of drug-likeness (QED) is 0.720. The molecule has 106 valence electrons. The van der Waals surface area contributed by atoms with E-state index in [9.17, 15) is 8.78 Å². The minimum Gasteiger partial charge on any atom is -0.357 e. The maximum atomic E-state index is 13.5. The van der Waals surface area contributed by atoms with Crippen LogP contribution in [-0.4, -0.2) is 12.6 Å². The van der Waals surface area contributed by atoms with Crippen LogP contribution >= 0.6 is 0 Å². The van der Waals surface area contributed by atoms with Gasteiger partial charge in [-0.2, -0.15) is 0 Å². The third-order valence-electron chi connectivity index (χ3n) is 3.75. The highest BCUT2D eigenvalue weighted by atomic mass is 19.1. The van der Waals surface area contributed by atoms with Crippen molar-refractivity contribution >= 4 is 5.69 Å². The summed E-state index contributed by atoms with van der Waals surface area (Å²) < 4.78 is 26.3. The van der Waals surface area contributed by atoms with Crippen molar-refractivity contribution in [1.82, 2.24) is 0 Å². The van der Waals surface area contributed by atoms with Gasteiger partial charge in [-0.15, -0.1) is 0 Å². The first-order valence-electron chi connectivity index (χ1n) is 6.93. The average Bonchev–Trinajstić information content (AvgIpc) is 2.77. The normalized spacial score (nSPS) is 16.3. The van der Waals surface area contributed by atoms with E-state index in [2.05, 4.69) is 35.8 Å². The van der Waals surface area contributed by atoms with Gasteiger partial charge < -0.3 is 4.90 Å². The van der Waals surface area contributed by atoms with Crippen LogP contribution in [0.2, 0.25) is 0 Å². The molecule has 1 heterocycles. The number of rotatable bonds is 1. The van der Waals surface area contributed by atoms with Crippen molar-refractivity contribution in [2.24, 2.45) is 0 Å². The van der Waals surface area contributed by atoms with Gasteiger partial charge in [0.1, 0.15) is 11.6 Å². The molecule has 0 amide bonds. The van der Waals surface area contributed by atoms with Crippen LogP contribution in [0, 0.1) is 23.5 Å². The fourth-order valence-electron chi connectivity index (χ4n) is 2.68. The summed E-state index contributed by atoms with van der Waals surface area (Å²) in [5.74, 6) is 4.58. The van der Waals surface area contributed by atoms with E-state index in [-0.39, 0.29) is 5.56 Å². The monoisotopic (exact) mass is 283 g/mol. The van der Waals surface area contributed by atoms with Gasteiger partial charge in [0.05, 0.1) is 12.1 Å². The Bertz CT molecular complexity index is 727. The number of fused-ring (bicyclic) bond motifs is 1. The van der Waals surface area contributed by atoms with Gasteiger partial charge in [0.2, 0.25) is 0 Å². The second kappa shape index (κ2) is 5.57. The second-order valence-electron chi connectivity index (χ2n) is 5.24. The van der Waals surface area contributed by atoms with Crippen molar-refractivity contribution in [3.8, 4) is 11.8 Å². The number of hydrogen-bond acceptors (Lipinski definition) is 1. The maximum absolute atomic E-state index is 13.5. The van der Waals surface area contributed by atoms with Gasteiger partial charge in [-0.3, -0.25) is 0 Å². The van der Waals surface area contributed by atoms with E-state index in [1.54, 1.807) is 0 Å². The molecule has 0 fully saturated rings. The van der Waals surface area contributed by atoms with Crippen LogP contribution in [0.5, 0.6) is 0 Å². The van der Waals surface area contributed by atoms with Gasteiger partial charge in [-0.1, -0.05) is 30.0 Å². The Morgan fingerprint density at radius 1 is 1.19 bits per heavy atom. The lowest BCUT2D eigenvalue weighted by atomic mass is 10.1. The standard InChI is InChI=1S/C18H15F2N/c1-13-11-15-5-2-3-7-18(15)21(13)10-4-6-14-8-9-16(19)12-17(14)20/h2-3,5,7-9,12-13H,10-11H2,1H3. The van der Waals surface area contributed by atoms with E-state index in [1.807, 2.05) is 12.1 Å². The summed E-state index contributed by atoms with van der Waals surface area (Å²) >= 11 is 0. The summed E-state index contributed by atoms with van der Waals surface area (Å²) in [7, 11) is 0. The molecule has 2 aromatic carbocycles. The van der Waals surface area contributed by atoms with Crippen molar-refractivity contribution in [3.05, 3.63) is 65.2 Å². The van der Waals surface area contributed by atoms with Crippen LogP contribution in [0.4, 0.5) is 14.5 Å². The molecule has 21 heavy (non-hydrogen) atoms. The Morgan fingerprint density at radius 2 is 2.00 bits per heavy atom. The van der Waals surface area contributed by atoms with Gasteiger partial charge in [0.25, 0.3) is 0 Å². The van der Waals surface area contributed by atoms with Crippen LogP contribution in [0.15, 0.2) is 42.5 Å². The summed E-state index contributed by atoms with van der Waals surface area (Å²) in [5, 5.41) is 0. The molecule has 3 heteroatoms. The first-order chi connectivity index (χ1) is 10.1. The number of hydrogen-bond donors (Lipinski definition) is 0. The summed E-state index contributed by atoms with van der Waals surface area (Å²) in [6.45, 7) is 2.69. The van der Waals surface area contributed by atoms with E-state index in [0.29, 0.717) is 12.6 Å². The molecule has 1 nitrogen and oxygen atoms in total. The fraction of sp³-hybridized carbons (Fsp3) is 0.222. The van der Waals surface area contributed by atoms with Gasteiger partial charge in [-0.05, 0) is 37.1 Å². The Morgan fingerprint density at radius 3 is 2.81 bits per heavy atom. The third-order valence-corrected chi connectivity index (χ3v) is 3.75. The zero-order valence-corrected chi connectivity index (χ0v) is 11.7. The van der Waals surface area contributed by atoms with Crippen molar-refractivity contribution in [2.75, 3.05) is 11.4 Å². The molecule has 0 saturated carbocycles.